The molecule has 0 amide bonds. The Morgan fingerprint density at radius 2 is 1.48 bits per heavy atom. The van der Waals surface area contributed by atoms with Crippen molar-refractivity contribution in [2.45, 2.75) is 39.0 Å². The van der Waals surface area contributed by atoms with E-state index in [2.05, 4.69) is 30.7 Å². The standard InChI is InChI=1S/C19H25NO2S/c1-15(2)13-17-9-11-19(12-10-17)16(3)20-23(21,22)14-18-7-5-4-6-8-18/h4-12,15-16,20H,13-14H2,1-3H3. The van der Waals surface area contributed by atoms with Crippen LogP contribution in [-0.4, -0.2) is 8.42 Å². The van der Waals surface area contributed by atoms with Crippen LogP contribution in [0.5, 0.6) is 0 Å². The highest BCUT2D eigenvalue weighted by atomic mass is 32.2. The molecule has 4 heteroatoms. The maximum absolute atomic E-state index is 12.3. The molecule has 1 atom stereocenters. The van der Waals surface area contributed by atoms with E-state index in [4.69, 9.17) is 0 Å². The summed E-state index contributed by atoms with van der Waals surface area (Å²) in [6.45, 7) is 6.25. The van der Waals surface area contributed by atoms with E-state index in [0.29, 0.717) is 5.92 Å². The molecule has 2 aromatic rings. The van der Waals surface area contributed by atoms with E-state index in [1.807, 2.05) is 49.4 Å². The van der Waals surface area contributed by atoms with E-state index in [1.54, 1.807) is 0 Å². The molecule has 3 nitrogen and oxygen atoms in total. The highest BCUT2D eigenvalue weighted by Gasteiger charge is 2.16. The lowest BCUT2D eigenvalue weighted by Gasteiger charge is -2.15. The fourth-order valence-corrected chi connectivity index (χ4v) is 3.98. The van der Waals surface area contributed by atoms with E-state index >= 15 is 0 Å². The molecule has 0 aliphatic heterocycles. The lowest BCUT2D eigenvalue weighted by molar-refractivity contribution is 0.566. The summed E-state index contributed by atoms with van der Waals surface area (Å²) in [6.07, 6.45) is 1.04. The van der Waals surface area contributed by atoms with Crippen molar-refractivity contribution in [1.29, 1.82) is 0 Å². The minimum absolute atomic E-state index is 0.00358. The first-order valence-corrected chi connectivity index (χ1v) is 9.64. The summed E-state index contributed by atoms with van der Waals surface area (Å²) >= 11 is 0. The quantitative estimate of drug-likeness (QED) is 0.831. The van der Waals surface area contributed by atoms with Gasteiger partial charge in [0, 0.05) is 6.04 Å². The molecule has 0 spiro atoms. The Kier molecular flexibility index (Phi) is 5.97. The van der Waals surface area contributed by atoms with E-state index in [1.165, 1.54) is 5.56 Å². The smallest absolute Gasteiger partial charge is 0.212 e. The van der Waals surface area contributed by atoms with Crippen molar-refractivity contribution in [1.82, 2.24) is 4.72 Å². The fraction of sp³-hybridized carbons (Fsp3) is 0.368. The van der Waals surface area contributed by atoms with Gasteiger partial charge in [0.05, 0.1) is 5.75 Å². The van der Waals surface area contributed by atoms with Crippen LogP contribution in [0.4, 0.5) is 0 Å². The largest absolute Gasteiger partial charge is 0.216 e. The van der Waals surface area contributed by atoms with Crippen molar-refractivity contribution >= 4 is 10.0 Å². The predicted molar refractivity (Wildman–Crippen MR) is 95.6 cm³/mol. The maximum atomic E-state index is 12.3. The van der Waals surface area contributed by atoms with E-state index in [9.17, 15) is 8.42 Å². The summed E-state index contributed by atoms with van der Waals surface area (Å²) in [4.78, 5) is 0. The van der Waals surface area contributed by atoms with Gasteiger partial charge in [-0.3, -0.25) is 0 Å². The number of nitrogens with one attached hydrogen (secondary N) is 1. The summed E-state index contributed by atoms with van der Waals surface area (Å²) in [5, 5.41) is 0. The highest BCUT2D eigenvalue weighted by Crippen LogP contribution is 2.17. The summed E-state index contributed by atoms with van der Waals surface area (Å²) in [5.41, 5.74) is 3.05. The third-order valence-corrected chi connectivity index (χ3v) is 5.11. The molecule has 0 radical (unpaired) electrons. The number of hydrogen-bond donors (Lipinski definition) is 1. The molecule has 1 N–H and O–H groups in total. The fourth-order valence-electron chi connectivity index (χ4n) is 2.59. The second kappa shape index (κ2) is 7.75. The second-order valence-electron chi connectivity index (χ2n) is 6.42. The van der Waals surface area contributed by atoms with Crippen LogP contribution in [0.3, 0.4) is 0 Å². The van der Waals surface area contributed by atoms with Crippen molar-refractivity contribution in [3.8, 4) is 0 Å². The Hall–Kier alpha value is -1.65. The van der Waals surface area contributed by atoms with Crippen molar-refractivity contribution in [3.05, 3.63) is 71.3 Å². The molecule has 0 saturated carbocycles. The number of sulfonamides is 1. The molecule has 23 heavy (non-hydrogen) atoms. The van der Waals surface area contributed by atoms with Gasteiger partial charge in [-0.1, -0.05) is 68.4 Å². The van der Waals surface area contributed by atoms with Crippen LogP contribution in [0.25, 0.3) is 0 Å². The molecule has 0 saturated heterocycles. The Bertz CT molecular complexity index is 707. The predicted octanol–water partition coefficient (Wildman–Crippen LogP) is 4.07. The van der Waals surface area contributed by atoms with Crippen LogP contribution in [0.1, 0.15) is 43.5 Å². The average molecular weight is 331 g/mol. The average Bonchev–Trinajstić information content (AvgIpc) is 2.47. The normalized spacial score (nSPS) is 13.2. The first-order valence-electron chi connectivity index (χ1n) is 7.98. The molecule has 0 aromatic heterocycles. The number of rotatable bonds is 7. The molecule has 2 aromatic carbocycles. The van der Waals surface area contributed by atoms with Crippen molar-refractivity contribution < 1.29 is 8.42 Å². The third kappa shape index (κ3) is 5.81. The molecule has 0 fully saturated rings. The summed E-state index contributed by atoms with van der Waals surface area (Å²) < 4.78 is 27.3. The monoisotopic (exact) mass is 331 g/mol. The Morgan fingerprint density at radius 1 is 0.870 bits per heavy atom. The zero-order valence-electron chi connectivity index (χ0n) is 14.0. The lowest BCUT2D eigenvalue weighted by atomic mass is 10.0. The van der Waals surface area contributed by atoms with E-state index in [0.717, 1.165) is 17.5 Å². The second-order valence-corrected chi connectivity index (χ2v) is 8.18. The number of hydrogen-bond acceptors (Lipinski definition) is 2. The van der Waals surface area contributed by atoms with Crippen LogP contribution >= 0.6 is 0 Å². The van der Waals surface area contributed by atoms with Crippen LogP contribution in [-0.2, 0) is 22.2 Å². The van der Waals surface area contributed by atoms with Gasteiger partial charge in [-0.25, -0.2) is 13.1 Å². The zero-order valence-corrected chi connectivity index (χ0v) is 14.8. The van der Waals surface area contributed by atoms with Crippen molar-refractivity contribution in [2.24, 2.45) is 5.92 Å². The van der Waals surface area contributed by atoms with Gasteiger partial charge in [0.2, 0.25) is 10.0 Å². The molecule has 1 unspecified atom stereocenters. The van der Waals surface area contributed by atoms with Gasteiger partial charge in [0.1, 0.15) is 0 Å². The molecule has 124 valence electrons. The minimum atomic E-state index is -3.36. The maximum Gasteiger partial charge on any atom is 0.216 e. The molecule has 0 aliphatic carbocycles. The van der Waals surface area contributed by atoms with E-state index in [-0.39, 0.29) is 11.8 Å². The van der Waals surface area contributed by atoms with Gasteiger partial charge < -0.3 is 0 Å². The first-order chi connectivity index (χ1) is 10.9. The van der Waals surface area contributed by atoms with Gasteiger partial charge in [-0.15, -0.1) is 0 Å². The van der Waals surface area contributed by atoms with Gasteiger partial charge in [0.25, 0.3) is 0 Å². The minimum Gasteiger partial charge on any atom is -0.212 e. The molecule has 2 rings (SSSR count). The number of benzene rings is 2. The van der Waals surface area contributed by atoms with Crippen LogP contribution < -0.4 is 4.72 Å². The lowest BCUT2D eigenvalue weighted by Crippen LogP contribution is -2.28. The zero-order chi connectivity index (χ0) is 16.9. The van der Waals surface area contributed by atoms with Gasteiger partial charge in [-0.05, 0) is 36.0 Å². The molecule has 0 heterocycles. The first kappa shape index (κ1) is 17.7. The topological polar surface area (TPSA) is 46.2 Å². The molecular weight excluding hydrogens is 306 g/mol. The van der Waals surface area contributed by atoms with Crippen LogP contribution in [0.15, 0.2) is 54.6 Å². The Morgan fingerprint density at radius 3 is 2.04 bits per heavy atom. The molecular formula is C19H25NO2S. The highest BCUT2D eigenvalue weighted by molar-refractivity contribution is 7.88. The van der Waals surface area contributed by atoms with Gasteiger partial charge in [-0.2, -0.15) is 0 Å². The Balaban J connectivity index is 2.01. The summed E-state index contributed by atoms with van der Waals surface area (Å²) in [7, 11) is -3.36. The van der Waals surface area contributed by atoms with Crippen molar-refractivity contribution in [3.63, 3.8) is 0 Å². The van der Waals surface area contributed by atoms with E-state index < -0.39 is 10.0 Å². The third-order valence-electron chi connectivity index (χ3n) is 3.68. The molecule has 0 aliphatic rings. The summed E-state index contributed by atoms with van der Waals surface area (Å²) in [5.74, 6) is 0.617. The van der Waals surface area contributed by atoms with Crippen molar-refractivity contribution in [2.75, 3.05) is 0 Å². The SMILES string of the molecule is CC(C)Cc1ccc(C(C)NS(=O)(=O)Cc2ccccc2)cc1. The summed E-state index contributed by atoms with van der Waals surface area (Å²) in [6, 6.07) is 17.2. The molecule has 0 bridgehead atoms. The van der Waals surface area contributed by atoms with Gasteiger partial charge >= 0.3 is 0 Å². The van der Waals surface area contributed by atoms with Gasteiger partial charge in [0.15, 0.2) is 0 Å². The van der Waals surface area contributed by atoms with Crippen LogP contribution in [0.2, 0.25) is 0 Å². The van der Waals surface area contributed by atoms with Crippen LogP contribution in [0, 0.1) is 5.92 Å². The Labute approximate surface area is 139 Å².